The lowest BCUT2D eigenvalue weighted by atomic mass is 10.2. The molecule has 2 N–H and O–H groups in total. The Balaban J connectivity index is 2.41. The topological polar surface area (TPSA) is 63.0 Å². The summed E-state index contributed by atoms with van der Waals surface area (Å²) >= 11 is 0. The second-order valence-corrected chi connectivity index (χ2v) is 3.52. The maximum atomic E-state index is 8.72. The molecular weight excluding hydrogens is 180 g/mol. The lowest BCUT2D eigenvalue weighted by Gasteiger charge is -2.11. The summed E-state index contributed by atoms with van der Waals surface area (Å²) in [5.74, 6) is 1.84. The third kappa shape index (κ3) is 2.78. The number of nitrogens with one attached hydrogen (secondary N) is 1. The number of rotatable bonds is 5. The first-order valence-corrected chi connectivity index (χ1v) is 4.84. The van der Waals surface area contributed by atoms with Crippen molar-refractivity contribution in [1.82, 2.24) is 20.1 Å². The van der Waals surface area contributed by atoms with Crippen LogP contribution >= 0.6 is 0 Å². The molecule has 80 valence electrons. The van der Waals surface area contributed by atoms with Gasteiger partial charge in [-0.25, -0.2) is 0 Å². The van der Waals surface area contributed by atoms with Crippen molar-refractivity contribution in [3.8, 4) is 0 Å². The van der Waals surface area contributed by atoms with E-state index in [0.717, 1.165) is 18.1 Å². The lowest BCUT2D eigenvalue weighted by molar-refractivity contribution is 0.268. The highest BCUT2D eigenvalue weighted by molar-refractivity contribution is 4.92. The summed E-state index contributed by atoms with van der Waals surface area (Å²) < 4.78 is 1.96. The SMILES string of the molecule is Cc1nnc(CNC(C)CCO)n1C. The van der Waals surface area contributed by atoms with Crippen molar-refractivity contribution in [3.05, 3.63) is 11.6 Å². The van der Waals surface area contributed by atoms with Gasteiger partial charge in [0.05, 0.1) is 6.54 Å². The number of nitrogens with zero attached hydrogens (tertiary/aromatic N) is 3. The van der Waals surface area contributed by atoms with Gasteiger partial charge in [-0.15, -0.1) is 10.2 Å². The zero-order valence-corrected chi connectivity index (χ0v) is 8.99. The Labute approximate surface area is 84.2 Å². The zero-order chi connectivity index (χ0) is 10.6. The molecule has 0 saturated heterocycles. The van der Waals surface area contributed by atoms with Crippen molar-refractivity contribution in [1.29, 1.82) is 0 Å². The van der Waals surface area contributed by atoms with Gasteiger partial charge in [0, 0.05) is 19.7 Å². The molecular formula is C9H18N4O. The largest absolute Gasteiger partial charge is 0.396 e. The molecule has 0 saturated carbocycles. The molecule has 1 unspecified atom stereocenters. The molecule has 5 nitrogen and oxygen atoms in total. The van der Waals surface area contributed by atoms with Gasteiger partial charge in [0.2, 0.25) is 0 Å². The quantitative estimate of drug-likeness (QED) is 0.698. The fraction of sp³-hybridized carbons (Fsp3) is 0.778. The van der Waals surface area contributed by atoms with E-state index in [4.69, 9.17) is 5.11 Å². The molecule has 5 heteroatoms. The van der Waals surface area contributed by atoms with Crippen LogP contribution in [0.4, 0.5) is 0 Å². The Kier molecular flexibility index (Phi) is 4.03. The minimum atomic E-state index is 0.214. The van der Waals surface area contributed by atoms with Gasteiger partial charge in [-0.1, -0.05) is 0 Å². The fourth-order valence-electron chi connectivity index (χ4n) is 1.17. The Bertz CT molecular complexity index is 284. The Morgan fingerprint density at radius 1 is 1.50 bits per heavy atom. The number of aromatic nitrogens is 3. The van der Waals surface area contributed by atoms with Gasteiger partial charge in [-0.3, -0.25) is 0 Å². The maximum absolute atomic E-state index is 8.72. The van der Waals surface area contributed by atoms with Gasteiger partial charge >= 0.3 is 0 Å². The third-order valence-corrected chi connectivity index (χ3v) is 2.35. The minimum absolute atomic E-state index is 0.214. The molecule has 1 rings (SSSR count). The molecule has 0 aliphatic carbocycles. The smallest absolute Gasteiger partial charge is 0.146 e. The van der Waals surface area contributed by atoms with Crippen LogP contribution in [-0.4, -0.2) is 32.5 Å². The summed E-state index contributed by atoms with van der Waals surface area (Å²) in [6.45, 7) is 4.87. The van der Waals surface area contributed by atoms with Crippen molar-refractivity contribution in [2.45, 2.75) is 32.9 Å². The van der Waals surface area contributed by atoms with E-state index in [9.17, 15) is 0 Å². The minimum Gasteiger partial charge on any atom is -0.396 e. The predicted octanol–water partition coefficient (Wildman–Crippen LogP) is -0.0160. The van der Waals surface area contributed by atoms with E-state index in [1.54, 1.807) is 0 Å². The second kappa shape index (κ2) is 5.07. The van der Waals surface area contributed by atoms with Crippen LogP contribution in [0.25, 0.3) is 0 Å². The third-order valence-electron chi connectivity index (χ3n) is 2.35. The molecule has 0 aliphatic heterocycles. The van der Waals surface area contributed by atoms with E-state index in [2.05, 4.69) is 15.5 Å². The van der Waals surface area contributed by atoms with Crippen molar-refractivity contribution < 1.29 is 5.11 Å². The van der Waals surface area contributed by atoms with E-state index in [-0.39, 0.29) is 6.61 Å². The van der Waals surface area contributed by atoms with Crippen LogP contribution in [0.1, 0.15) is 25.0 Å². The van der Waals surface area contributed by atoms with Crippen molar-refractivity contribution in [3.63, 3.8) is 0 Å². The van der Waals surface area contributed by atoms with E-state index in [1.165, 1.54) is 0 Å². The van der Waals surface area contributed by atoms with Crippen LogP contribution in [0.2, 0.25) is 0 Å². The van der Waals surface area contributed by atoms with Crippen LogP contribution in [-0.2, 0) is 13.6 Å². The Morgan fingerprint density at radius 2 is 2.21 bits per heavy atom. The van der Waals surface area contributed by atoms with Crippen molar-refractivity contribution in [2.75, 3.05) is 6.61 Å². The zero-order valence-electron chi connectivity index (χ0n) is 8.99. The van der Waals surface area contributed by atoms with Crippen LogP contribution in [0.5, 0.6) is 0 Å². The molecule has 0 radical (unpaired) electrons. The van der Waals surface area contributed by atoms with Gasteiger partial charge in [-0.2, -0.15) is 0 Å². The Morgan fingerprint density at radius 3 is 2.71 bits per heavy atom. The standard InChI is InChI=1S/C9H18N4O/c1-7(4-5-14)10-6-9-12-11-8(2)13(9)3/h7,10,14H,4-6H2,1-3H3. The molecule has 0 spiro atoms. The van der Waals surface area contributed by atoms with Gasteiger partial charge in [0.1, 0.15) is 11.6 Å². The molecule has 1 atom stereocenters. The van der Waals surface area contributed by atoms with Crippen LogP contribution in [0.15, 0.2) is 0 Å². The van der Waals surface area contributed by atoms with Gasteiger partial charge in [0.25, 0.3) is 0 Å². The highest BCUT2D eigenvalue weighted by Gasteiger charge is 2.06. The molecule has 1 aromatic rings. The highest BCUT2D eigenvalue weighted by Crippen LogP contribution is 1.98. The molecule has 0 amide bonds. The van der Waals surface area contributed by atoms with E-state index < -0.39 is 0 Å². The molecule has 14 heavy (non-hydrogen) atoms. The number of hydrogen-bond donors (Lipinski definition) is 2. The lowest BCUT2D eigenvalue weighted by Crippen LogP contribution is -2.27. The average Bonchev–Trinajstić information content (AvgIpc) is 2.46. The number of aryl methyl sites for hydroxylation is 1. The summed E-state index contributed by atoms with van der Waals surface area (Å²) in [4.78, 5) is 0. The summed E-state index contributed by atoms with van der Waals surface area (Å²) in [7, 11) is 1.95. The summed E-state index contributed by atoms with van der Waals surface area (Å²) in [5.41, 5.74) is 0. The van der Waals surface area contributed by atoms with Gasteiger partial charge < -0.3 is 15.0 Å². The Hall–Kier alpha value is -0.940. The molecule has 0 fully saturated rings. The van der Waals surface area contributed by atoms with E-state index >= 15 is 0 Å². The maximum Gasteiger partial charge on any atom is 0.146 e. The van der Waals surface area contributed by atoms with Crippen LogP contribution in [0, 0.1) is 6.92 Å². The fourth-order valence-corrected chi connectivity index (χ4v) is 1.17. The summed E-state index contributed by atoms with van der Waals surface area (Å²) in [5, 5.41) is 20.0. The molecule has 0 aliphatic rings. The average molecular weight is 198 g/mol. The second-order valence-electron chi connectivity index (χ2n) is 3.52. The molecule has 1 heterocycles. The molecule has 1 aromatic heterocycles. The number of hydrogen-bond acceptors (Lipinski definition) is 4. The number of aliphatic hydroxyl groups excluding tert-OH is 1. The summed E-state index contributed by atoms with van der Waals surface area (Å²) in [6.07, 6.45) is 0.761. The number of aliphatic hydroxyl groups is 1. The van der Waals surface area contributed by atoms with Crippen LogP contribution < -0.4 is 5.32 Å². The highest BCUT2D eigenvalue weighted by atomic mass is 16.3. The van der Waals surface area contributed by atoms with Crippen molar-refractivity contribution in [2.24, 2.45) is 7.05 Å². The van der Waals surface area contributed by atoms with Crippen molar-refractivity contribution >= 4 is 0 Å². The van der Waals surface area contributed by atoms with E-state index in [0.29, 0.717) is 12.6 Å². The van der Waals surface area contributed by atoms with Gasteiger partial charge in [-0.05, 0) is 20.3 Å². The molecule has 0 bridgehead atoms. The van der Waals surface area contributed by atoms with E-state index in [1.807, 2.05) is 25.5 Å². The normalized spacial score (nSPS) is 13.1. The first-order valence-electron chi connectivity index (χ1n) is 4.84. The first-order chi connectivity index (χ1) is 6.65. The first kappa shape index (κ1) is 11.1. The van der Waals surface area contributed by atoms with Gasteiger partial charge in [0.15, 0.2) is 0 Å². The summed E-state index contributed by atoms with van der Waals surface area (Å²) in [6, 6.07) is 0.303. The predicted molar refractivity (Wildman–Crippen MR) is 53.7 cm³/mol. The monoisotopic (exact) mass is 198 g/mol. The molecule has 0 aromatic carbocycles. The van der Waals surface area contributed by atoms with Crippen LogP contribution in [0.3, 0.4) is 0 Å².